The number of anilines is 3. The van der Waals surface area contributed by atoms with Gasteiger partial charge in [-0.3, -0.25) is 14.6 Å². The maximum Gasteiger partial charge on any atom is 0.273 e. The molecule has 4 rings (SSSR count). The SMILES string of the molecule is CCNS(=O)(=O)c1cccc(S(=O)(=O)Nc2ccc(Cl)c(Nc3cc(=O)n(-c4cc(Cl)c(Cl)cc4Cl)[nH]3)c2)c1. The molecule has 0 aliphatic carbocycles. The van der Waals surface area contributed by atoms with Gasteiger partial charge in [-0.15, -0.1) is 0 Å². The third-order valence-electron chi connectivity index (χ3n) is 5.20. The van der Waals surface area contributed by atoms with Gasteiger partial charge in [-0.05, 0) is 48.5 Å². The average Bonchev–Trinajstić information content (AvgIpc) is 3.23. The molecule has 0 aliphatic rings. The van der Waals surface area contributed by atoms with Gasteiger partial charge in [0.05, 0.1) is 46.9 Å². The van der Waals surface area contributed by atoms with Crippen LogP contribution in [0.15, 0.2) is 75.2 Å². The molecule has 39 heavy (non-hydrogen) atoms. The second-order valence-electron chi connectivity index (χ2n) is 7.96. The van der Waals surface area contributed by atoms with E-state index in [2.05, 4.69) is 19.9 Å². The van der Waals surface area contributed by atoms with Gasteiger partial charge < -0.3 is 5.32 Å². The van der Waals surface area contributed by atoms with Crippen molar-refractivity contribution >= 4 is 83.6 Å². The number of nitrogens with one attached hydrogen (secondary N) is 4. The molecule has 0 saturated heterocycles. The van der Waals surface area contributed by atoms with Crippen LogP contribution in [0.2, 0.25) is 20.1 Å². The Labute approximate surface area is 243 Å². The van der Waals surface area contributed by atoms with Crippen molar-refractivity contribution in [3.05, 3.63) is 91.1 Å². The van der Waals surface area contributed by atoms with Crippen molar-refractivity contribution in [3.63, 3.8) is 0 Å². The highest BCUT2D eigenvalue weighted by atomic mass is 35.5. The van der Waals surface area contributed by atoms with Crippen LogP contribution in [-0.2, 0) is 20.0 Å². The van der Waals surface area contributed by atoms with Crippen LogP contribution < -0.4 is 20.3 Å². The van der Waals surface area contributed by atoms with Gasteiger partial charge in [-0.25, -0.2) is 26.2 Å². The molecule has 1 aromatic heterocycles. The smallest absolute Gasteiger partial charge is 0.273 e. The molecule has 1 heterocycles. The van der Waals surface area contributed by atoms with Crippen molar-refractivity contribution in [2.24, 2.45) is 0 Å². The number of hydrogen-bond donors (Lipinski definition) is 4. The number of nitrogens with zero attached hydrogens (tertiary/aromatic N) is 1. The summed E-state index contributed by atoms with van der Waals surface area (Å²) in [5.41, 5.74) is 0.165. The van der Waals surface area contributed by atoms with Gasteiger partial charge in [-0.2, -0.15) is 0 Å². The second-order valence-corrected chi connectivity index (χ2v) is 13.0. The monoisotopic (exact) mass is 649 g/mol. The van der Waals surface area contributed by atoms with Crippen LogP contribution in [0.3, 0.4) is 0 Å². The quantitative estimate of drug-likeness (QED) is 0.173. The third-order valence-corrected chi connectivity index (χ3v) is 9.48. The number of aromatic amines is 1. The van der Waals surface area contributed by atoms with Crippen LogP contribution in [-0.4, -0.2) is 33.2 Å². The van der Waals surface area contributed by atoms with E-state index in [1.54, 1.807) is 6.92 Å². The number of aromatic nitrogens is 2. The summed E-state index contributed by atoms with van der Waals surface area (Å²) in [6, 6.07) is 13.3. The highest BCUT2D eigenvalue weighted by Crippen LogP contribution is 2.32. The van der Waals surface area contributed by atoms with Crippen molar-refractivity contribution in [2.75, 3.05) is 16.6 Å². The molecule has 0 saturated carbocycles. The predicted octanol–water partition coefficient (Wildman–Crippen LogP) is 5.62. The van der Waals surface area contributed by atoms with Crippen molar-refractivity contribution < 1.29 is 16.8 Å². The van der Waals surface area contributed by atoms with E-state index in [0.29, 0.717) is 0 Å². The van der Waals surface area contributed by atoms with Crippen LogP contribution >= 0.6 is 46.4 Å². The first-order chi connectivity index (χ1) is 18.3. The van der Waals surface area contributed by atoms with Crippen molar-refractivity contribution in [1.29, 1.82) is 0 Å². The molecule has 4 N–H and O–H groups in total. The molecule has 0 radical (unpaired) electrons. The van der Waals surface area contributed by atoms with Crippen LogP contribution in [0.5, 0.6) is 0 Å². The van der Waals surface area contributed by atoms with E-state index in [4.69, 9.17) is 46.4 Å². The molecule has 0 unspecified atom stereocenters. The van der Waals surface area contributed by atoms with E-state index in [9.17, 15) is 21.6 Å². The van der Waals surface area contributed by atoms with Crippen LogP contribution in [0.4, 0.5) is 17.2 Å². The lowest BCUT2D eigenvalue weighted by atomic mass is 10.3. The highest BCUT2D eigenvalue weighted by molar-refractivity contribution is 7.93. The summed E-state index contributed by atoms with van der Waals surface area (Å²) in [7, 11) is -8.04. The minimum Gasteiger partial charge on any atom is -0.339 e. The van der Waals surface area contributed by atoms with Crippen LogP contribution in [0.25, 0.3) is 5.69 Å². The van der Waals surface area contributed by atoms with Gasteiger partial charge in [0.15, 0.2) is 0 Å². The van der Waals surface area contributed by atoms with E-state index in [1.165, 1.54) is 54.6 Å². The Bertz CT molecular complexity index is 1840. The minimum atomic E-state index is -4.18. The van der Waals surface area contributed by atoms with Crippen LogP contribution in [0.1, 0.15) is 6.92 Å². The summed E-state index contributed by atoms with van der Waals surface area (Å²) >= 11 is 24.5. The van der Waals surface area contributed by atoms with Gasteiger partial charge in [-0.1, -0.05) is 59.4 Å². The maximum atomic E-state index is 13.0. The summed E-state index contributed by atoms with van der Waals surface area (Å²) in [5, 5.41) is 6.57. The fourth-order valence-electron chi connectivity index (χ4n) is 3.45. The summed E-state index contributed by atoms with van der Waals surface area (Å²) in [6.45, 7) is 1.76. The first-order valence-electron chi connectivity index (χ1n) is 11.0. The summed E-state index contributed by atoms with van der Waals surface area (Å²) in [4.78, 5) is 12.1. The lowest BCUT2D eigenvalue weighted by Crippen LogP contribution is -2.23. The predicted molar refractivity (Wildman–Crippen MR) is 154 cm³/mol. The van der Waals surface area contributed by atoms with Gasteiger partial charge in [0.2, 0.25) is 10.0 Å². The van der Waals surface area contributed by atoms with Crippen molar-refractivity contribution in [1.82, 2.24) is 14.5 Å². The van der Waals surface area contributed by atoms with Gasteiger partial charge in [0.25, 0.3) is 15.6 Å². The lowest BCUT2D eigenvalue weighted by Gasteiger charge is -2.13. The normalized spacial score (nSPS) is 11.9. The molecule has 10 nitrogen and oxygen atoms in total. The molecule has 4 aromatic rings. The first kappa shape index (κ1) is 29.3. The van der Waals surface area contributed by atoms with Crippen molar-refractivity contribution in [2.45, 2.75) is 16.7 Å². The second kappa shape index (κ2) is 11.4. The topological polar surface area (TPSA) is 142 Å². The molecule has 0 atom stereocenters. The Kier molecular flexibility index (Phi) is 8.57. The summed E-state index contributed by atoms with van der Waals surface area (Å²) in [5.74, 6) is 0.213. The molecular formula is C23H19Cl4N5O5S2. The third kappa shape index (κ3) is 6.55. The van der Waals surface area contributed by atoms with Gasteiger partial charge in [0, 0.05) is 12.6 Å². The standard InChI is InChI=1S/C23H19Cl4N5O5S2/c1-2-28-38(34,35)14-4-3-5-15(9-14)39(36,37)31-13-6-7-16(24)20(8-13)29-22-12-23(33)32(30-22)21-11-18(26)17(25)10-19(21)27/h3-12,28-31H,2H2,1H3. The molecule has 206 valence electrons. The molecule has 16 heteroatoms. The summed E-state index contributed by atoms with van der Waals surface area (Å²) < 4.78 is 56.5. The van der Waals surface area contributed by atoms with Crippen LogP contribution in [0, 0.1) is 0 Å². The number of H-pyrrole nitrogens is 1. The molecule has 0 bridgehead atoms. The lowest BCUT2D eigenvalue weighted by molar-refractivity contribution is 0.583. The van der Waals surface area contributed by atoms with Gasteiger partial charge >= 0.3 is 0 Å². The molecular weight excluding hydrogens is 632 g/mol. The molecule has 0 aliphatic heterocycles. The average molecular weight is 651 g/mol. The Hall–Kier alpha value is -2.71. The molecule has 0 amide bonds. The van der Waals surface area contributed by atoms with Crippen molar-refractivity contribution in [3.8, 4) is 5.69 Å². The zero-order valence-corrected chi connectivity index (χ0v) is 24.5. The van der Waals surface area contributed by atoms with E-state index in [-0.39, 0.29) is 59.3 Å². The molecule has 3 aromatic carbocycles. The number of sulfonamides is 2. The minimum absolute atomic E-state index is 0.121. The maximum absolute atomic E-state index is 13.0. The largest absolute Gasteiger partial charge is 0.339 e. The Morgan fingerprint density at radius 1 is 0.795 bits per heavy atom. The van der Waals surface area contributed by atoms with Gasteiger partial charge in [0.1, 0.15) is 5.82 Å². The Balaban J connectivity index is 1.61. The van der Waals surface area contributed by atoms with E-state index < -0.39 is 25.6 Å². The number of rotatable bonds is 9. The number of halogens is 4. The Morgan fingerprint density at radius 3 is 2.15 bits per heavy atom. The zero-order chi connectivity index (χ0) is 28.5. The number of benzene rings is 3. The van der Waals surface area contributed by atoms with E-state index in [1.807, 2.05) is 0 Å². The molecule has 0 spiro atoms. The fraction of sp³-hybridized carbons (Fsp3) is 0.0870. The van der Waals surface area contributed by atoms with E-state index in [0.717, 1.165) is 10.7 Å². The molecule has 0 fully saturated rings. The van der Waals surface area contributed by atoms with E-state index >= 15 is 0 Å². The zero-order valence-electron chi connectivity index (χ0n) is 19.8. The number of hydrogen-bond acceptors (Lipinski definition) is 6. The Morgan fingerprint density at radius 2 is 1.46 bits per heavy atom. The summed E-state index contributed by atoms with van der Waals surface area (Å²) in [6.07, 6.45) is 0. The fourth-order valence-corrected chi connectivity index (χ4v) is 6.49. The first-order valence-corrected chi connectivity index (χ1v) is 15.4. The highest BCUT2D eigenvalue weighted by Gasteiger charge is 2.20.